The lowest BCUT2D eigenvalue weighted by molar-refractivity contribution is 0.0696. The predicted octanol–water partition coefficient (Wildman–Crippen LogP) is 4.79. The molecule has 0 aliphatic carbocycles. The van der Waals surface area contributed by atoms with Gasteiger partial charge in [-0.1, -0.05) is 47.2 Å². The van der Waals surface area contributed by atoms with Gasteiger partial charge in [0.25, 0.3) is 5.56 Å². The molecule has 0 aliphatic heterocycles. The number of rotatable bonds is 7. The number of carboxylic acid groups (broad SMARTS) is 1. The third-order valence-electron chi connectivity index (χ3n) is 5.33. The van der Waals surface area contributed by atoms with Crippen LogP contribution in [-0.4, -0.2) is 27.1 Å². The number of hydrogen-bond donors (Lipinski definition) is 1. The number of aromatic carboxylic acids is 1. The van der Waals surface area contributed by atoms with Gasteiger partial charge in [0.15, 0.2) is 16.5 Å². The summed E-state index contributed by atoms with van der Waals surface area (Å²) in [6.45, 7) is 2.35. The summed E-state index contributed by atoms with van der Waals surface area (Å²) in [5, 5.41) is 9.51. The molecule has 176 valence electrons. The molecule has 1 N–H and O–H groups in total. The first-order valence-electron chi connectivity index (χ1n) is 10.8. The fraction of sp³-hybridized carbons (Fsp3) is 0.115. The zero-order valence-electron chi connectivity index (χ0n) is 18.5. The molecule has 35 heavy (non-hydrogen) atoms. The van der Waals surface area contributed by atoms with Crippen LogP contribution >= 0.6 is 22.9 Å². The van der Waals surface area contributed by atoms with Crippen molar-refractivity contribution in [1.82, 2.24) is 9.38 Å². The van der Waals surface area contributed by atoms with Gasteiger partial charge in [0.2, 0.25) is 0 Å². The molecule has 0 saturated carbocycles. The van der Waals surface area contributed by atoms with Crippen molar-refractivity contribution in [2.24, 2.45) is 0 Å². The van der Waals surface area contributed by atoms with E-state index in [2.05, 4.69) is 4.98 Å². The first-order chi connectivity index (χ1) is 16.9. The maximum absolute atomic E-state index is 13.1. The maximum atomic E-state index is 13.1. The van der Waals surface area contributed by atoms with Gasteiger partial charge in [-0.15, -0.1) is 0 Å². The number of halogens is 1. The van der Waals surface area contributed by atoms with E-state index >= 15 is 0 Å². The largest absolute Gasteiger partial charge is 0.490 e. The number of thiazole rings is 1. The van der Waals surface area contributed by atoms with Gasteiger partial charge in [0, 0.05) is 0 Å². The second-order valence-corrected chi connectivity index (χ2v) is 9.11. The van der Waals surface area contributed by atoms with Crippen LogP contribution in [0.5, 0.6) is 11.5 Å². The number of hydrogen-bond acceptors (Lipinski definition) is 6. The first-order valence-corrected chi connectivity index (χ1v) is 12.0. The van der Waals surface area contributed by atoms with Crippen molar-refractivity contribution in [3.05, 3.63) is 97.3 Å². The fourth-order valence-electron chi connectivity index (χ4n) is 3.79. The molecule has 2 heterocycles. The molecule has 0 spiro atoms. The fourth-order valence-corrected chi connectivity index (χ4v) is 5.05. The Kier molecular flexibility index (Phi) is 6.15. The molecule has 7 nitrogen and oxygen atoms in total. The van der Waals surface area contributed by atoms with Crippen LogP contribution in [0.15, 0.2) is 65.5 Å². The molecule has 9 heteroatoms. The summed E-state index contributed by atoms with van der Waals surface area (Å²) >= 11 is 7.85. The number of fused-ring (bicyclic) bond motifs is 3. The zero-order chi connectivity index (χ0) is 24.5. The predicted molar refractivity (Wildman–Crippen MR) is 136 cm³/mol. The lowest BCUT2D eigenvalue weighted by atomic mass is 10.1. The number of carbonyl (C=O) groups is 1. The van der Waals surface area contributed by atoms with Crippen LogP contribution in [0.25, 0.3) is 22.1 Å². The summed E-state index contributed by atoms with van der Waals surface area (Å²) in [6, 6.07) is 17.5. The van der Waals surface area contributed by atoms with Crippen LogP contribution in [-0.2, 0) is 6.61 Å². The van der Waals surface area contributed by atoms with Crippen LogP contribution in [0.1, 0.15) is 28.4 Å². The van der Waals surface area contributed by atoms with Gasteiger partial charge >= 0.3 is 5.97 Å². The van der Waals surface area contributed by atoms with Gasteiger partial charge in [0.05, 0.1) is 32.8 Å². The highest BCUT2D eigenvalue weighted by atomic mass is 35.5. The number of imidazole rings is 1. The number of para-hydroxylation sites is 2. The van der Waals surface area contributed by atoms with Crippen molar-refractivity contribution < 1.29 is 19.4 Å². The van der Waals surface area contributed by atoms with Gasteiger partial charge in [0.1, 0.15) is 6.61 Å². The van der Waals surface area contributed by atoms with E-state index in [1.807, 2.05) is 31.2 Å². The summed E-state index contributed by atoms with van der Waals surface area (Å²) in [6.07, 6.45) is 1.75. The quantitative estimate of drug-likeness (QED) is 0.341. The molecule has 0 fully saturated rings. The molecule has 0 bridgehead atoms. The minimum Gasteiger partial charge on any atom is -0.490 e. The summed E-state index contributed by atoms with van der Waals surface area (Å²) in [4.78, 5) is 29.5. The van der Waals surface area contributed by atoms with E-state index in [0.717, 1.165) is 11.0 Å². The van der Waals surface area contributed by atoms with Gasteiger partial charge in [-0.2, -0.15) is 0 Å². The molecule has 3 aromatic carbocycles. The molecular formula is C26H19ClN2O5S. The van der Waals surface area contributed by atoms with E-state index in [-0.39, 0.29) is 17.7 Å². The summed E-state index contributed by atoms with van der Waals surface area (Å²) in [7, 11) is 0. The number of nitrogens with zero attached hydrogens (tertiary/aromatic N) is 2. The number of benzene rings is 3. The van der Waals surface area contributed by atoms with Crippen molar-refractivity contribution in [2.75, 3.05) is 6.61 Å². The highest BCUT2D eigenvalue weighted by molar-refractivity contribution is 7.15. The normalized spacial score (nSPS) is 11.9. The minimum atomic E-state index is -1.01. The lowest BCUT2D eigenvalue weighted by Gasteiger charge is -2.14. The maximum Gasteiger partial charge on any atom is 0.335 e. The molecule has 0 saturated heterocycles. The van der Waals surface area contributed by atoms with Crippen molar-refractivity contribution in [1.29, 1.82) is 0 Å². The number of carboxylic acids is 1. The first kappa shape index (κ1) is 22.9. The Morgan fingerprint density at radius 2 is 1.97 bits per heavy atom. The van der Waals surface area contributed by atoms with Crippen molar-refractivity contribution in [3.63, 3.8) is 0 Å². The molecule has 5 rings (SSSR count). The SMILES string of the molecule is CCOc1cc(C=c2sc3nc4ccccc4n3c2=O)cc(Cl)c1OCc1cccc(C(=O)O)c1. The third kappa shape index (κ3) is 4.45. The van der Waals surface area contributed by atoms with Crippen LogP contribution in [0.3, 0.4) is 0 Å². The second-order valence-electron chi connectivity index (χ2n) is 7.69. The molecule has 0 atom stereocenters. The van der Waals surface area contributed by atoms with E-state index in [0.29, 0.717) is 43.7 Å². The van der Waals surface area contributed by atoms with Crippen molar-refractivity contribution in [3.8, 4) is 11.5 Å². The summed E-state index contributed by atoms with van der Waals surface area (Å²) in [5.74, 6) is -0.230. The van der Waals surface area contributed by atoms with Crippen LogP contribution < -0.4 is 19.6 Å². The average molecular weight is 507 g/mol. The minimum absolute atomic E-state index is 0.115. The van der Waals surface area contributed by atoms with Gasteiger partial charge in [-0.25, -0.2) is 14.2 Å². The van der Waals surface area contributed by atoms with Gasteiger partial charge in [-0.05, 0) is 60.5 Å². The Balaban J connectivity index is 1.50. The van der Waals surface area contributed by atoms with Crippen molar-refractivity contribution in [2.45, 2.75) is 13.5 Å². The van der Waals surface area contributed by atoms with E-state index in [1.165, 1.54) is 17.4 Å². The number of aromatic nitrogens is 2. The van der Waals surface area contributed by atoms with E-state index < -0.39 is 5.97 Å². The topological polar surface area (TPSA) is 90.1 Å². The van der Waals surface area contributed by atoms with E-state index in [9.17, 15) is 14.7 Å². The van der Waals surface area contributed by atoms with Crippen molar-refractivity contribution >= 4 is 51.0 Å². The molecule has 0 unspecified atom stereocenters. The Morgan fingerprint density at radius 3 is 2.77 bits per heavy atom. The molecule has 0 amide bonds. The molecule has 0 radical (unpaired) electrons. The highest BCUT2D eigenvalue weighted by Gasteiger charge is 2.15. The monoisotopic (exact) mass is 506 g/mol. The Bertz CT molecular complexity index is 1690. The molecular weight excluding hydrogens is 488 g/mol. The summed E-state index contributed by atoms with van der Waals surface area (Å²) < 4.78 is 13.8. The highest BCUT2D eigenvalue weighted by Crippen LogP contribution is 2.37. The Morgan fingerprint density at radius 1 is 1.14 bits per heavy atom. The number of ether oxygens (including phenoxy) is 2. The lowest BCUT2D eigenvalue weighted by Crippen LogP contribution is -2.22. The van der Waals surface area contributed by atoms with Crippen LogP contribution in [0, 0.1) is 0 Å². The van der Waals surface area contributed by atoms with Crippen LogP contribution in [0.4, 0.5) is 0 Å². The Hall–Kier alpha value is -3.88. The van der Waals surface area contributed by atoms with Crippen LogP contribution in [0.2, 0.25) is 5.02 Å². The third-order valence-corrected chi connectivity index (χ3v) is 6.58. The zero-order valence-corrected chi connectivity index (χ0v) is 20.1. The average Bonchev–Trinajstić information content (AvgIpc) is 3.35. The molecule has 5 aromatic rings. The van der Waals surface area contributed by atoms with Gasteiger partial charge < -0.3 is 14.6 Å². The standard InChI is InChI=1S/C26H19ClN2O5S/c1-2-33-21-12-16(11-18(27)23(21)34-14-15-6-5-7-17(10-15)25(31)32)13-22-24(30)29-20-9-4-3-8-19(20)28-26(29)35-22/h3-13H,2,14H2,1H3,(H,31,32). The second kappa shape index (κ2) is 9.40. The smallest absolute Gasteiger partial charge is 0.335 e. The van der Waals surface area contributed by atoms with E-state index in [1.54, 1.807) is 40.8 Å². The Labute approximate surface area is 208 Å². The van der Waals surface area contributed by atoms with Gasteiger partial charge in [-0.3, -0.25) is 4.79 Å². The van der Waals surface area contributed by atoms with E-state index in [4.69, 9.17) is 21.1 Å². The molecule has 0 aliphatic rings. The summed E-state index contributed by atoms with van der Waals surface area (Å²) in [5.41, 5.74) is 2.95. The molecule has 2 aromatic heterocycles.